The maximum atomic E-state index is 5.99. The zero-order valence-electron chi connectivity index (χ0n) is 14.2. The molecule has 0 atom stereocenters. The number of aromatic nitrogens is 3. The van der Waals surface area contributed by atoms with Gasteiger partial charge in [0.05, 0.1) is 17.4 Å². The summed E-state index contributed by atoms with van der Waals surface area (Å²) in [6, 6.07) is 3.98. The first-order valence-corrected chi connectivity index (χ1v) is 8.93. The third-order valence-electron chi connectivity index (χ3n) is 3.33. The number of hydrogen-bond donors (Lipinski definition) is 1. The molecule has 0 unspecified atom stereocenters. The zero-order valence-corrected chi connectivity index (χ0v) is 18.1. The first-order chi connectivity index (χ1) is 11.1. The topological polar surface area (TPSA) is 58.3 Å². The summed E-state index contributed by atoms with van der Waals surface area (Å²) in [5.41, 5.74) is 0. The van der Waals surface area contributed by atoms with Crippen LogP contribution in [0, 0.1) is 0 Å². The lowest BCUT2D eigenvalue weighted by atomic mass is 10.4. The summed E-state index contributed by atoms with van der Waals surface area (Å²) in [6.07, 6.45) is 2.64. The van der Waals surface area contributed by atoms with Gasteiger partial charge in [-0.25, -0.2) is 0 Å². The summed E-state index contributed by atoms with van der Waals surface area (Å²) >= 11 is 7.59. The summed E-state index contributed by atoms with van der Waals surface area (Å²) in [6.45, 7) is 7.23. The molecule has 0 spiro atoms. The molecule has 2 heterocycles. The summed E-state index contributed by atoms with van der Waals surface area (Å²) in [4.78, 5) is 8.02. The quantitative estimate of drug-likeness (QED) is 0.374. The van der Waals surface area contributed by atoms with Gasteiger partial charge in [0.1, 0.15) is 12.2 Å². The van der Waals surface area contributed by atoms with Gasteiger partial charge in [0, 0.05) is 31.4 Å². The molecule has 2 aromatic heterocycles. The Hall–Kier alpha value is -0.870. The van der Waals surface area contributed by atoms with Crippen LogP contribution in [-0.2, 0) is 19.5 Å². The Labute approximate surface area is 169 Å². The van der Waals surface area contributed by atoms with E-state index in [1.54, 1.807) is 17.7 Å². The van der Waals surface area contributed by atoms with Gasteiger partial charge in [0.2, 0.25) is 0 Å². The lowest BCUT2D eigenvalue weighted by molar-refractivity contribution is 0.480. The molecule has 2 rings (SSSR count). The maximum absolute atomic E-state index is 5.99. The van der Waals surface area contributed by atoms with Crippen molar-refractivity contribution >= 4 is 52.9 Å². The van der Waals surface area contributed by atoms with Crippen molar-refractivity contribution in [3.63, 3.8) is 0 Å². The molecule has 0 saturated carbocycles. The van der Waals surface area contributed by atoms with Crippen LogP contribution in [0.2, 0.25) is 4.34 Å². The number of rotatable bonds is 7. The molecule has 0 aliphatic heterocycles. The maximum Gasteiger partial charge on any atom is 0.194 e. The van der Waals surface area contributed by atoms with Crippen LogP contribution in [0.25, 0.3) is 0 Å². The number of aryl methyl sites for hydroxylation is 1. The minimum absolute atomic E-state index is 0. The van der Waals surface area contributed by atoms with Crippen molar-refractivity contribution in [2.24, 2.45) is 4.99 Å². The van der Waals surface area contributed by atoms with Crippen molar-refractivity contribution < 1.29 is 0 Å². The molecular weight excluding hydrogens is 459 g/mol. The predicted octanol–water partition coefficient (Wildman–Crippen LogP) is 3.27. The fraction of sp³-hybridized carbons (Fsp3) is 0.533. The van der Waals surface area contributed by atoms with Crippen molar-refractivity contribution in [3.8, 4) is 0 Å². The molecule has 134 valence electrons. The molecule has 0 bridgehead atoms. The highest BCUT2D eigenvalue weighted by Crippen LogP contribution is 2.22. The van der Waals surface area contributed by atoms with Gasteiger partial charge < -0.3 is 14.8 Å². The van der Waals surface area contributed by atoms with Gasteiger partial charge >= 0.3 is 0 Å². The van der Waals surface area contributed by atoms with Gasteiger partial charge in [0.25, 0.3) is 0 Å². The lowest BCUT2D eigenvalue weighted by Crippen LogP contribution is -2.38. The third-order valence-corrected chi connectivity index (χ3v) is 4.55. The minimum Gasteiger partial charge on any atom is -0.357 e. The van der Waals surface area contributed by atoms with Crippen molar-refractivity contribution in [2.75, 3.05) is 20.1 Å². The van der Waals surface area contributed by atoms with Crippen molar-refractivity contribution in [3.05, 3.63) is 33.5 Å². The van der Waals surface area contributed by atoms with Gasteiger partial charge in [-0.05, 0) is 19.1 Å². The highest BCUT2D eigenvalue weighted by Gasteiger charge is 2.08. The van der Waals surface area contributed by atoms with E-state index in [0.717, 1.165) is 42.2 Å². The van der Waals surface area contributed by atoms with Gasteiger partial charge in [0.15, 0.2) is 5.96 Å². The van der Waals surface area contributed by atoms with Crippen molar-refractivity contribution in [2.45, 2.75) is 33.4 Å². The molecule has 0 radical (unpaired) electrons. The minimum atomic E-state index is 0. The summed E-state index contributed by atoms with van der Waals surface area (Å²) in [5.74, 6) is 1.88. The van der Waals surface area contributed by atoms with E-state index in [9.17, 15) is 0 Å². The largest absolute Gasteiger partial charge is 0.357 e. The molecule has 9 heteroatoms. The zero-order chi connectivity index (χ0) is 16.7. The first kappa shape index (κ1) is 21.2. The molecule has 2 aromatic rings. The number of aliphatic imine (C=N–C) groups is 1. The fourth-order valence-corrected chi connectivity index (χ4v) is 3.36. The molecule has 0 aliphatic carbocycles. The van der Waals surface area contributed by atoms with E-state index >= 15 is 0 Å². The van der Waals surface area contributed by atoms with Crippen LogP contribution < -0.4 is 5.32 Å². The van der Waals surface area contributed by atoms with Crippen LogP contribution in [0.4, 0.5) is 0 Å². The predicted molar refractivity (Wildman–Crippen MR) is 112 cm³/mol. The van der Waals surface area contributed by atoms with Gasteiger partial charge in [-0.2, -0.15) is 0 Å². The second-order valence-electron chi connectivity index (χ2n) is 5.09. The Kier molecular flexibility index (Phi) is 9.60. The van der Waals surface area contributed by atoms with Crippen LogP contribution >= 0.6 is 46.9 Å². The Morgan fingerprint density at radius 1 is 1.42 bits per heavy atom. The second-order valence-corrected chi connectivity index (χ2v) is 6.89. The molecule has 6 nitrogen and oxygen atoms in total. The highest BCUT2D eigenvalue weighted by molar-refractivity contribution is 14.0. The number of nitrogens with one attached hydrogen (secondary N) is 1. The van der Waals surface area contributed by atoms with E-state index in [1.807, 2.05) is 17.7 Å². The number of thiophene rings is 1. The third kappa shape index (κ3) is 6.21. The van der Waals surface area contributed by atoms with Gasteiger partial charge in [-0.3, -0.25) is 4.99 Å². The average molecular weight is 483 g/mol. The van der Waals surface area contributed by atoms with Crippen molar-refractivity contribution in [1.82, 2.24) is 25.0 Å². The normalized spacial score (nSPS) is 11.2. The second kappa shape index (κ2) is 10.9. The Morgan fingerprint density at radius 3 is 2.83 bits per heavy atom. The lowest BCUT2D eigenvalue weighted by Gasteiger charge is -2.21. The fourth-order valence-electron chi connectivity index (χ4n) is 2.22. The van der Waals surface area contributed by atoms with Crippen LogP contribution in [0.3, 0.4) is 0 Å². The van der Waals surface area contributed by atoms with Crippen molar-refractivity contribution in [1.29, 1.82) is 0 Å². The standard InChI is InChI=1S/C15H23ClN6S.HI/c1-4-14-20-19-11-22(14)9-8-18-15(17-5-2)21(3)10-12-6-7-13(16)23-12;/h6-7,11H,4-5,8-10H2,1-3H3,(H,17,18);1H. The smallest absolute Gasteiger partial charge is 0.194 e. The monoisotopic (exact) mass is 482 g/mol. The van der Waals surface area contributed by atoms with E-state index in [1.165, 1.54) is 4.88 Å². The molecule has 0 aromatic carbocycles. The molecular formula is C15H24ClIN6S. The van der Waals surface area contributed by atoms with Gasteiger partial charge in [-0.1, -0.05) is 18.5 Å². The Morgan fingerprint density at radius 2 is 2.21 bits per heavy atom. The Balaban J connectivity index is 0.00000288. The molecule has 0 fully saturated rings. The number of halogens is 2. The van der Waals surface area contributed by atoms with E-state index < -0.39 is 0 Å². The molecule has 0 aliphatic rings. The van der Waals surface area contributed by atoms with E-state index in [-0.39, 0.29) is 24.0 Å². The van der Waals surface area contributed by atoms with Crippen LogP contribution in [0.15, 0.2) is 23.5 Å². The van der Waals surface area contributed by atoms with Crippen LogP contribution in [-0.4, -0.2) is 45.8 Å². The summed E-state index contributed by atoms with van der Waals surface area (Å²) in [7, 11) is 2.03. The molecule has 24 heavy (non-hydrogen) atoms. The summed E-state index contributed by atoms with van der Waals surface area (Å²) < 4.78 is 2.86. The molecule has 1 N–H and O–H groups in total. The number of hydrogen-bond acceptors (Lipinski definition) is 4. The van der Waals surface area contributed by atoms with E-state index in [0.29, 0.717) is 6.54 Å². The summed E-state index contributed by atoms with van der Waals surface area (Å²) in [5, 5.41) is 11.4. The van der Waals surface area contributed by atoms with Crippen LogP contribution in [0.1, 0.15) is 24.5 Å². The first-order valence-electron chi connectivity index (χ1n) is 7.74. The molecule has 0 saturated heterocycles. The van der Waals surface area contributed by atoms with E-state index in [4.69, 9.17) is 16.6 Å². The van der Waals surface area contributed by atoms with Gasteiger partial charge in [-0.15, -0.1) is 45.5 Å². The Bertz CT molecular complexity index is 641. The van der Waals surface area contributed by atoms with Crippen LogP contribution in [0.5, 0.6) is 0 Å². The highest BCUT2D eigenvalue weighted by atomic mass is 127. The van der Waals surface area contributed by atoms with E-state index in [2.05, 4.69) is 40.3 Å². The average Bonchev–Trinajstić information content (AvgIpc) is 3.15. The number of guanidine groups is 1. The SMILES string of the molecule is CCNC(=NCCn1cnnc1CC)N(C)Cc1ccc(Cl)s1.I. The number of nitrogens with zero attached hydrogens (tertiary/aromatic N) is 5. The molecule has 0 amide bonds.